The zero-order chi connectivity index (χ0) is 13.8. The third kappa shape index (κ3) is 3.04. The van der Waals surface area contributed by atoms with Crippen molar-refractivity contribution in [1.82, 2.24) is 14.9 Å². The van der Waals surface area contributed by atoms with E-state index in [1.807, 2.05) is 0 Å². The van der Waals surface area contributed by atoms with Crippen molar-refractivity contribution in [2.75, 3.05) is 31.1 Å². The van der Waals surface area contributed by atoms with Gasteiger partial charge in [-0.25, -0.2) is 9.97 Å². The summed E-state index contributed by atoms with van der Waals surface area (Å²) >= 11 is 5.93. The first-order valence-electron chi connectivity index (χ1n) is 6.62. The molecule has 1 unspecified atom stereocenters. The van der Waals surface area contributed by atoms with Crippen molar-refractivity contribution < 1.29 is 4.79 Å². The predicted molar refractivity (Wildman–Crippen MR) is 76.0 cm³/mol. The highest BCUT2D eigenvalue weighted by molar-refractivity contribution is 6.32. The van der Waals surface area contributed by atoms with E-state index >= 15 is 0 Å². The number of hydrogen-bond acceptors (Lipinski definition) is 5. The summed E-state index contributed by atoms with van der Waals surface area (Å²) in [6.45, 7) is 8.13. The number of carbonyl (C=O) groups is 1. The third-order valence-corrected chi connectivity index (χ3v) is 4.06. The van der Waals surface area contributed by atoms with E-state index in [0.29, 0.717) is 17.4 Å². The molecule has 0 aromatic carbocycles. The van der Waals surface area contributed by atoms with Crippen molar-refractivity contribution in [2.24, 2.45) is 0 Å². The largest absolute Gasteiger partial charge is 0.353 e. The van der Waals surface area contributed by atoms with Crippen LogP contribution in [0.5, 0.6) is 0 Å². The zero-order valence-corrected chi connectivity index (χ0v) is 12.1. The van der Waals surface area contributed by atoms with E-state index in [0.717, 1.165) is 38.9 Å². The highest BCUT2D eigenvalue weighted by Gasteiger charge is 2.23. The van der Waals surface area contributed by atoms with Gasteiger partial charge in [0.25, 0.3) is 0 Å². The highest BCUT2D eigenvalue weighted by atomic mass is 35.5. The Morgan fingerprint density at radius 2 is 2.05 bits per heavy atom. The molecule has 0 aliphatic carbocycles. The lowest BCUT2D eigenvalue weighted by molar-refractivity contribution is 0.112. The van der Waals surface area contributed by atoms with Crippen molar-refractivity contribution in [3.8, 4) is 0 Å². The van der Waals surface area contributed by atoms with Gasteiger partial charge in [-0.15, -0.1) is 0 Å². The standard InChI is InChI=1S/C13H19ClN4O/c1-3-10(2)17-4-6-18(7-5-17)13-11(8-19)12(14)15-9-16-13/h8-10H,3-7H2,1-2H3. The molecule has 19 heavy (non-hydrogen) atoms. The molecule has 0 saturated carbocycles. The van der Waals surface area contributed by atoms with E-state index < -0.39 is 0 Å². The molecular weight excluding hydrogens is 264 g/mol. The lowest BCUT2D eigenvalue weighted by Gasteiger charge is -2.38. The Morgan fingerprint density at radius 3 is 2.63 bits per heavy atom. The number of aromatic nitrogens is 2. The number of carbonyl (C=O) groups excluding carboxylic acids is 1. The van der Waals surface area contributed by atoms with Gasteiger partial charge in [0.2, 0.25) is 0 Å². The van der Waals surface area contributed by atoms with Crippen LogP contribution in [0.25, 0.3) is 0 Å². The van der Waals surface area contributed by atoms with Gasteiger partial charge in [-0.05, 0) is 13.3 Å². The normalized spacial score (nSPS) is 18.4. The van der Waals surface area contributed by atoms with Gasteiger partial charge in [0, 0.05) is 32.2 Å². The third-order valence-electron chi connectivity index (χ3n) is 3.76. The van der Waals surface area contributed by atoms with Gasteiger partial charge in [0.15, 0.2) is 6.29 Å². The zero-order valence-electron chi connectivity index (χ0n) is 11.3. The summed E-state index contributed by atoms with van der Waals surface area (Å²) in [5.74, 6) is 0.652. The number of aldehydes is 1. The molecule has 1 aromatic heterocycles. The highest BCUT2D eigenvalue weighted by Crippen LogP contribution is 2.23. The molecule has 1 fully saturated rings. The number of nitrogens with zero attached hydrogens (tertiary/aromatic N) is 4. The molecule has 1 saturated heterocycles. The van der Waals surface area contributed by atoms with Crippen LogP contribution in [0.2, 0.25) is 5.15 Å². The summed E-state index contributed by atoms with van der Waals surface area (Å²) in [4.78, 5) is 23.7. The second-order valence-electron chi connectivity index (χ2n) is 4.80. The average Bonchev–Trinajstić information content (AvgIpc) is 2.46. The summed E-state index contributed by atoms with van der Waals surface area (Å²) in [7, 11) is 0. The van der Waals surface area contributed by atoms with E-state index in [1.54, 1.807) is 0 Å². The van der Waals surface area contributed by atoms with E-state index in [9.17, 15) is 4.79 Å². The quantitative estimate of drug-likeness (QED) is 0.623. The first-order valence-corrected chi connectivity index (χ1v) is 6.99. The van der Waals surface area contributed by atoms with Crippen LogP contribution in [-0.2, 0) is 0 Å². The minimum absolute atomic E-state index is 0.226. The van der Waals surface area contributed by atoms with Crippen LogP contribution in [-0.4, -0.2) is 53.4 Å². The monoisotopic (exact) mass is 282 g/mol. The second-order valence-corrected chi connectivity index (χ2v) is 5.16. The van der Waals surface area contributed by atoms with Crippen LogP contribution in [0.4, 0.5) is 5.82 Å². The smallest absolute Gasteiger partial charge is 0.156 e. The lowest BCUT2D eigenvalue weighted by Crippen LogP contribution is -2.50. The van der Waals surface area contributed by atoms with E-state index in [4.69, 9.17) is 11.6 Å². The van der Waals surface area contributed by atoms with E-state index in [2.05, 4.69) is 33.6 Å². The van der Waals surface area contributed by atoms with Crippen molar-refractivity contribution in [2.45, 2.75) is 26.3 Å². The first kappa shape index (κ1) is 14.2. The predicted octanol–water partition coefficient (Wildman–Crippen LogP) is 1.86. The Balaban J connectivity index is 2.10. The molecule has 104 valence electrons. The van der Waals surface area contributed by atoms with E-state index in [1.165, 1.54) is 6.33 Å². The van der Waals surface area contributed by atoms with E-state index in [-0.39, 0.29) is 5.15 Å². The molecule has 0 bridgehead atoms. The fourth-order valence-corrected chi connectivity index (χ4v) is 2.52. The van der Waals surface area contributed by atoms with Crippen LogP contribution < -0.4 is 4.90 Å². The van der Waals surface area contributed by atoms with Crippen LogP contribution in [0, 0.1) is 0 Å². The van der Waals surface area contributed by atoms with Gasteiger partial charge in [0.05, 0.1) is 5.56 Å². The minimum Gasteiger partial charge on any atom is -0.353 e. The maximum atomic E-state index is 11.1. The van der Waals surface area contributed by atoms with Crippen LogP contribution in [0.15, 0.2) is 6.33 Å². The topological polar surface area (TPSA) is 49.3 Å². The Bertz CT molecular complexity index is 446. The summed E-state index contributed by atoms with van der Waals surface area (Å²) in [6.07, 6.45) is 3.29. The molecule has 1 aliphatic heterocycles. The molecule has 0 spiro atoms. The fourth-order valence-electron chi connectivity index (χ4n) is 2.35. The minimum atomic E-state index is 0.226. The van der Waals surface area contributed by atoms with Gasteiger partial charge in [0.1, 0.15) is 17.3 Å². The molecule has 2 heterocycles. The Labute approximate surface area is 118 Å². The lowest BCUT2D eigenvalue weighted by atomic mass is 10.2. The van der Waals surface area contributed by atoms with Gasteiger partial charge < -0.3 is 4.90 Å². The van der Waals surface area contributed by atoms with Gasteiger partial charge in [-0.2, -0.15) is 0 Å². The SMILES string of the molecule is CCC(C)N1CCN(c2ncnc(Cl)c2C=O)CC1. The van der Waals surface area contributed by atoms with Crippen molar-refractivity contribution >= 4 is 23.7 Å². The summed E-state index contributed by atoms with van der Waals surface area (Å²) < 4.78 is 0. The molecule has 0 radical (unpaired) electrons. The molecule has 0 amide bonds. The fraction of sp³-hybridized carbons (Fsp3) is 0.615. The van der Waals surface area contributed by atoms with Gasteiger partial charge in [-0.1, -0.05) is 18.5 Å². The Hall–Kier alpha value is -1.20. The number of rotatable bonds is 4. The van der Waals surface area contributed by atoms with Crippen molar-refractivity contribution in [3.05, 3.63) is 17.0 Å². The molecule has 1 aromatic rings. The maximum absolute atomic E-state index is 11.1. The molecule has 6 heteroatoms. The Morgan fingerprint density at radius 1 is 1.37 bits per heavy atom. The maximum Gasteiger partial charge on any atom is 0.156 e. The number of anilines is 1. The number of hydrogen-bond donors (Lipinski definition) is 0. The average molecular weight is 283 g/mol. The first-order chi connectivity index (χ1) is 9.17. The summed E-state index contributed by atoms with van der Waals surface area (Å²) in [5, 5.41) is 0.226. The number of piperazine rings is 1. The molecule has 5 nitrogen and oxygen atoms in total. The van der Waals surface area contributed by atoms with Gasteiger partial charge >= 0.3 is 0 Å². The van der Waals surface area contributed by atoms with Crippen LogP contribution >= 0.6 is 11.6 Å². The summed E-state index contributed by atoms with van der Waals surface area (Å²) in [5.41, 5.74) is 0.390. The summed E-state index contributed by atoms with van der Waals surface area (Å²) in [6, 6.07) is 0.599. The number of halogens is 1. The molecular formula is C13H19ClN4O. The van der Waals surface area contributed by atoms with Crippen molar-refractivity contribution in [3.63, 3.8) is 0 Å². The second kappa shape index (κ2) is 6.30. The molecule has 0 N–H and O–H groups in total. The van der Waals surface area contributed by atoms with Gasteiger partial charge in [-0.3, -0.25) is 9.69 Å². The molecule has 1 aliphatic rings. The molecule has 2 rings (SSSR count). The Kier molecular flexibility index (Phi) is 4.71. The van der Waals surface area contributed by atoms with Crippen LogP contribution in [0.1, 0.15) is 30.6 Å². The van der Waals surface area contributed by atoms with Crippen molar-refractivity contribution in [1.29, 1.82) is 0 Å². The van der Waals surface area contributed by atoms with Crippen LogP contribution in [0.3, 0.4) is 0 Å². The molecule has 1 atom stereocenters.